The van der Waals surface area contributed by atoms with Crippen molar-refractivity contribution in [1.82, 2.24) is 10.2 Å². The first kappa shape index (κ1) is 15.8. The van der Waals surface area contributed by atoms with E-state index in [0.29, 0.717) is 5.91 Å². The van der Waals surface area contributed by atoms with Crippen LogP contribution in [0.4, 0.5) is 0 Å². The zero-order chi connectivity index (χ0) is 14.4. The molecule has 0 saturated carbocycles. The molecule has 2 rings (SSSR count). The van der Waals surface area contributed by atoms with Crippen LogP contribution in [-0.4, -0.2) is 36.5 Å². The molecule has 0 radical (unpaired) electrons. The van der Waals surface area contributed by atoms with Gasteiger partial charge in [0.2, 0.25) is 5.91 Å². The number of likely N-dealkylation sites (tertiary alicyclic amines) is 1. The molecule has 3 atom stereocenters. The van der Waals surface area contributed by atoms with Crippen molar-refractivity contribution in [3.8, 4) is 0 Å². The van der Waals surface area contributed by atoms with Gasteiger partial charge in [-0.1, -0.05) is 33.1 Å². The van der Waals surface area contributed by atoms with Gasteiger partial charge in [-0.2, -0.15) is 0 Å². The summed E-state index contributed by atoms with van der Waals surface area (Å²) in [6.45, 7) is 7.50. The molecule has 1 N–H and O–H groups in total. The van der Waals surface area contributed by atoms with E-state index in [1.165, 1.54) is 44.9 Å². The minimum Gasteiger partial charge on any atom is -0.341 e. The molecule has 3 nitrogen and oxygen atoms in total. The third-order valence-electron chi connectivity index (χ3n) is 5.24. The molecule has 0 aliphatic carbocycles. The molecular weight excluding hydrogens is 248 g/mol. The number of amides is 1. The van der Waals surface area contributed by atoms with Crippen molar-refractivity contribution in [2.75, 3.05) is 19.6 Å². The lowest BCUT2D eigenvalue weighted by Crippen LogP contribution is -2.50. The van der Waals surface area contributed by atoms with E-state index in [4.69, 9.17) is 0 Å². The summed E-state index contributed by atoms with van der Waals surface area (Å²) in [4.78, 5) is 14.8. The molecule has 2 fully saturated rings. The maximum absolute atomic E-state index is 12.7. The molecule has 0 aromatic carbocycles. The van der Waals surface area contributed by atoms with E-state index in [0.717, 1.165) is 37.9 Å². The summed E-state index contributed by atoms with van der Waals surface area (Å²) in [6.07, 6.45) is 9.83. The Bertz CT molecular complexity index is 305. The smallest absolute Gasteiger partial charge is 0.239 e. The third-order valence-corrected chi connectivity index (χ3v) is 5.24. The highest BCUT2D eigenvalue weighted by Crippen LogP contribution is 2.24. The molecule has 0 aromatic heterocycles. The lowest BCUT2D eigenvalue weighted by atomic mass is 9.90. The number of nitrogens with zero attached hydrogens (tertiary/aromatic N) is 1. The first-order valence-electron chi connectivity index (χ1n) is 8.76. The fraction of sp³-hybridized carbons (Fsp3) is 0.941. The average molecular weight is 280 g/mol. The second-order valence-electron chi connectivity index (χ2n) is 6.72. The molecule has 2 saturated heterocycles. The van der Waals surface area contributed by atoms with Crippen LogP contribution in [0.5, 0.6) is 0 Å². The fourth-order valence-corrected chi connectivity index (χ4v) is 3.86. The summed E-state index contributed by atoms with van der Waals surface area (Å²) in [7, 11) is 0. The Labute approximate surface area is 124 Å². The van der Waals surface area contributed by atoms with Crippen LogP contribution in [0.25, 0.3) is 0 Å². The summed E-state index contributed by atoms with van der Waals surface area (Å²) in [5, 5.41) is 3.45. The fourth-order valence-electron chi connectivity index (χ4n) is 3.86. The molecule has 1 amide bonds. The Hall–Kier alpha value is -0.570. The topological polar surface area (TPSA) is 32.3 Å². The van der Waals surface area contributed by atoms with Gasteiger partial charge >= 0.3 is 0 Å². The van der Waals surface area contributed by atoms with Crippen LogP contribution in [0.15, 0.2) is 0 Å². The lowest BCUT2D eigenvalue weighted by Gasteiger charge is -2.33. The second-order valence-corrected chi connectivity index (χ2v) is 6.72. The van der Waals surface area contributed by atoms with Gasteiger partial charge in [0.05, 0.1) is 6.04 Å². The van der Waals surface area contributed by atoms with Crippen LogP contribution in [0, 0.1) is 11.8 Å². The molecule has 116 valence electrons. The maximum Gasteiger partial charge on any atom is 0.239 e. The molecule has 2 aliphatic heterocycles. The number of piperidine rings is 1. The van der Waals surface area contributed by atoms with E-state index in [-0.39, 0.29) is 6.04 Å². The summed E-state index contributed by atoms with van der Waals surface area (Å²) in [6, 6.07) is 0.0939. The summed E-state index contributed by atoms with van der Waals surface area (Å²) in [5.41, 5.74) is 0. The van der Waals surface area contributed by atoms with Crippen LogP contribution < -0.4 is 5.32 Å². The Morgan fingerprint density at radius 1 is 1.15 bits per heavy atom. The quantitative estimate of drug-likeness (QED) is 0.857. The van der Waals surface area contributed by atoms with Gasteiger partial charge in [-0.25, -0.2) is 0 Å². The molecule has 20 heavy (non-hydrogen) atoms. The van der Waals surface area contributed by atoms with Crippen LogP contribution in [-0.2, 0) is 4.79 Å². The molecule has 0 bridgehead atoms. The van der Waals surface area contributed by atoms with Crippen LogP contribution in [0.1, 0.15) is 65.2 Å². The van der Waals surface area contributed by atoms with E-state index in [1.54, 1.807) is 0 Å². The number of nitrogens with one attached hydrogen (secondary N) is 1. The molecular formula is C17H32N2O. The number of carbonyl (C=O) groups is 1. The normalized spacial score (nSPS) is 31.9. The van der Waals surface area contributed by atoms with Gasteiger partial charge in [0, 0.05) is 13.1 Å². The Morgan fingerprint density at radius 3 is 2.75 bits per heavy atom. The van der Waals surface area contributed by atoms with E-state index < -0.39 is 0 Å². The predicted molar refractivity (Wildman–Crippen MR) is 83.6 cm³/mol. The predicted octanol–water partition coefficient (Wildman–Crippen LogP) is 3.19. The van der Waals surface area contributed by atoms with Crippen molar-refractivity contribution in [3.05, 3.63) is 0 Å². The Morgan fingerprint density at radius 2 is 2.00 bits per heavy atom. The molecule has 3 heteroatoms. The van der Waals surface area contributed by atoms with E-state index >= 15 is 0 Å². The Kier molecular flexibility index (Phi) is 6.34. The van der Waals surface area contributed by atoms with Gasteiger partial charge in [0.25, 0.3) is 0 Å². The molecule has 0 aromatic rings. The first-order valence-corrected chi connectivity index (χ1v) is 8.76. The van der Waals surface area contributed by atoms with Gasteiger partial charge in [-0.15, -0.1) is 0 Å². The van der Waals surface area contributed by atoms with Gasteiger partial charge in [0.1, 0.15) is 0 Å². The highest BCUT2D eigenvalue weighted by molar-refractivity contribution is 5.82. The summed E-state index contributed by atoms with van der Waals surface area (Å²) >= 11 is 0. The second kappa shape index (κ2) is 8.02. The van der Waals surface area contributed by atoms with Crippen LogP contribution in [0.2, 0.25) is 0 Å². The summed E-state index contributed by atoms with van der Waals surface area (Å²) < 4.78 is 0. The van der Waals surface area contributed by atoms with E-state index in [9.17, 15) is 4.79 Å². The van der Waals surface area contributed by atoms with Gasteiger partial charge in [0.15, 0.2) is 0 Å². The van der Waals surface area contributed by atoms with Crippen molar-refractivity contribution in [1.29, 1.82) is 0 Å². The number of hydrogen-bond donors (Lipinski definition) is 1. The number of rotatable bonds is 4. The van der Waals surface area contributed by atoms with Gasteiger partial charge in [-0.05, 0) is 50.5 Å². The number of hydrogen-bond acceptors (Lipinski definition) is 2. The monoisotopic (exact) mass is 280 g/mol. The zero-order valence-electron chi connectivity index (χ0n) is 13.4. The number of carbonyl (C=O) groups excluding carboxylic acids is 1. The molecule has 3 unspecified atom stereocenters. The van der Waals surface area contributed by atoms with Gasteiger partial charge < -0.3 is 10.2 Å². The minimum atomic E-state index is 0.0939. The average Bonchev–Trinajstić information content (AvgIpc) is 2.73. The maximum atomic E-state index is 12.7. The SMILES string of the molecule is CCCC1CCCN(C(=O)C2CC(CC)CCN2)CC1. The third kappa shape index (κ3) is 4.21. The molecule has 0 spiro atoms. The molecule has 2 aliphatic rings. The van der Waals surface area contributed by atoms with Crippen molar-refractivity contribution in [2.45, 2.75) is 71.3 Å². The van der Waals surface area contributed by atoms with E-state index in [1.807, 2.05) is 0 Å². The van der Waals surface area contributed by atoms with Crippen molar-refractivity contribution in [3.63, 3.8) is 0 Å². The van der Waals surface area contributed by atoms with Gasteiger partial charge in [-0.3, -0.25) is 4.79 Å². The lowest BCUT2D eigenvalue weighted by molar-refractivity contribution is -0.134. The first-order chi connectivity index (χ1) is 9.74. The molecule has 2 heterocycles. The van der Waals surface area contributed by atoms with E-state index in [2.05, 4.69) is 24.1 Å². The Balaban J connectivity index is 1.85. The largest absolute Gasteiger partial charge is 0.341 e. The van der Waals surface area contributed by atoms with Crippen LogP contribution >= 0.6 is 0 Å². The van der Waals surface area contributed by atoms with Crippen molar-refractivity contribution < 1.29 is 4.79 Å². The highest BCUT2D eigenvalue weighted by atomic mass is 16.2. The highest BCUT2D eigenvalue weighted by Gasteiger charge is 2.30. The summed E-state index contributed by atoms with van der Waals surface area (Å²) in [5.74, 6) is 1.96. The van der Waals surface area contributed by atoms with Crippen molar-refractivity contribution in [2.24, 2.45) is 11.8 Å². The standard InChI is InChI=1S/C17H32N2O/c1-3-6-15-7-5-11-19(12-9-15)17(20)16-13-14(4-2)8-10-18-16/h14-16,18H,3-13H2,1-2H3. The van der Waals surface area contributed by atoms with Crippen molar-refractivity contribution >= 4 is 5.91 Å². The minimum absolute atomic E-state index is 0.0939. The van der Waals surface area contributed by atoms with Crippen LogP contribution in [0.3, 0.4) is 0 Å². The zero-order valence-corrected chi connectivity index (χ0v) is 13.4.